The first kappa shape index (κ1) is 12.9. The number of hydrogen-bond acceptors (Lipinski definition) is 6. The highest BCUT2D eigenvalue weighted by atomic mass is 16.3. The zero-order chi connectivity index (χ0) is 14.1. The molecule has 0 aliphatic carbocycles. The molecule has 2 atom stereocenters. The average Bonchev–Trinajstić information content (AvgIpc) is 2.88. The Balaban J connectivity index is 1.89. The van der Waals surface area contributed by atoms with Gasteiger partial charge in [0.15, 0.2) is 11.3 Å². The topological polar surface area (TPSA) is 97.1 Å². The Labute approximate surface area is 114 Å². The molecule has 104 valence electrons. The van der Waals surface area contributed by atoms with E-state index in [1.54, 1.807) is 12.1 Å². The first-order valence-corrected chi connectivity index (χ1v) is 6.41. The number of ketones is 1. The molecule has 0 saturated carbocycles. The molecule has 7 heteroatoms. The molecule has 3 rings (SSSR count). The molecule has 1 fully saturated rings. The van der Waals surface area contributed by atoms with Gasteiger partial charge in [-0.1, -0.05) is 0 Å². The van der Waals surface area contributed by atoms with Crippen LogP contribution in [0.15, 0.2) is 29.5 Å². The van der Waals surface area contributed by atoms with Crippen molar-refractivity contribution in [2.24, 2.45) is 0 Å². The minimum Gasteiger partial charge on any atom is -0.391 e. The van der Waals surface area contributed by atoms with Crippen molar-refractivity contribution < 1.29 is 9.90 Å². The zero-order valence-corrected chi connectivity index (χ0v) is 10.7. The first-order chi connectivity index (χ1) is 9.66. The molecular formula is C13H14N4O3. The molecule has 20 heavy (non-hydrogen) atoms. The Morgan fingerprint density at radius 3 is 3.10 bits per heavy atom. The highest BCUT2D eigenvalue weighted by Crippen LogP contribution is 2.08. The number of aliphatic hydroxyl groups excluding tert-OH is 1. The van der Waals surface area contributed by atoms with Gasteiger partial charge in [-0.25, -0.2) is 9.97 Å². The van der Waals surface area contributed by atoms with Gasteiger partial charge >= 0.3 is 0 Å². The summed E-state index contributed by atoms with van der Waals surface area (Å²) in [6, 6.07) is 2.78. The number of Topliss-reactive ketones (excluding diaryl/α,β-unsaturated/α-hetero) is 1. The number of nitrogens with zero attached hydrogens (tertiary/aromatic N) is 3. The maximum Gasteiger partial charge on any atom is 0.280 e. The van der Waals surface area contributed by atoms with Gasteiger partial charge < -0.3 is 10.4 Å². The van der Waals surface area contributed by atoms with Crippen LogP contribution in [-0.2, 0) is 11.3 Å². The van der Waals surface area contributed by atoms with Crippen molar-refractivity contribution in [2.45, 2.75) is 25.1 Å². The molecular weight excluding hydrogens is 260 g/mol. The summed E-state index contributed by atoms with van der Waals surface area (Å²) in [5.41, 5.74) is 0.388. The summed E-state index contributed by atoms with van der Waals surface area (Å²) in [6.45, 7) is 0.483. The maximum absolute atomic E-state index is 12.2. The van der Waals surface area contributed by atoms with E-state index in [4.69, 9.17) is 0 Å². The van der Waals surface area contributed by atoms with Gasteiger partial charge in [-0.3, -0.25) is 14.2 Å². The number of nitrogens with one attached hydrogen (secondary N) is 1. The highest BCUT2D eigenvalue weighted by molar-refractivity contribution is 5.85. The summed E-state index contributed by atoms with van der Waals surface area (Å²) in [5.74, 6) is -0.228. The van der Waals surface area contributed by atoms with Crippen LogP contribution in [0.25, 0.3) is 11.0 Å². The number of pyridine rings is 1. The summed E-state index contributed by atoms with van der Waals surface area (Å²) in [4.78, 5) is 32.4. The average molecular weight is 274 g/mol. The predicted octanol–water partition coefficient (Wildman–Crippen LogP) is -0.917. The lowest BCUT2D eigenvalue weighted by atomic mass is 10.1. The van der Waals surface area contributed by atoms with Crippen molar-refractivity contribution >= 4 is 16.8 Å². The molecule has 0 aromatic carbocycles. The molecule has 0 bridgehead atoms. The van der Waals surface area contributed by atoms with Gasteiger partial charge in [0, 0.05) is 6.20 Å². The molecule has 0 radical (unpaired) electrons. The molecule has 7 nitrogen and oxygen atoms in total. The van der Waals surface area contributed by atoms with Crippen LogP contribution in [0, 0.1) is 0 Å². The van der Waals surface area contributed by atoms with Crippen LogP contribution in [0.3, 0.4) is 0 Å². The second kappa shape index (κ2) is 5.10. The van der Waals surface area contributed by atoms with Crippen molar-refractivity contribution in [2.75, 3.05) is 6.54 Å². The predicted molar refractivity (Wildman–Crippen MR) is 71.2 cm³/mol. The number of aromatic nitrogens is 3. The van der Waals surface area contributed by atoms with E-state index in [1.807, 2.05) is 0 Å². The van der Waals surface area contributed by atoms with Crippen LogP contribution in [0.2, 0.25) is 0 Å². The van der Waals surface area contributed by atoms with Crippen LogP contribution in [0.4, 0.5) is 0 Å². The fourth-order valence-corrected chi connectivity index (χ4v) is 2.38. The second-order valence-corrected chi connectivity index (χ2v) is 4.80. The Kier molecular flexibility index (Phi) is 3.29. The number of rotatable bonds is 3. The smallest absolute Gasteiger partial charge is 0.280 e. The molecule has 2 aromatic heterocycles. The van der Waals surface area contributed by atoms with Crippen LogP contribution in [0.1, 0.15) is 6.42 Å². The minimum atomic E-state index is -0.690. The molecule has 1 aliphatic heterocycles. The molecule has 0 amide bonds. The van der Waals surface area contributed by atoms with E-state index in [0.29, 0.717) is 18.5 Å². The molecule has 1 saturated heterocycles. The van der Waals surface area contributed by atoms with Crippen molar-refractivity contribution in [3.8, 4) is 0 Å². The monoisotopic (exact) mass is 274 g/mol. The second-order valence-electron chi connectivity index (χ2n) is 4.80. The minimum absolute atomic E-state index is 0.118. The van der Waals surface area contributed by atoms with Crippen LogP contribution < -0.4 is 10.9 Å². The Bertz CT molecular complexity index is 712. The molecule has 2 aromatic rings. The lowest BCUT2D eigenvalue weighted by molar-refractivity contribution is -0.123. The fraction of sp³-hybridized carbons (Fsp3) is 0.385. The zero-order valence-electron chi connectivity index (χ0n) is 10.7. The SMILES string of the molecule is O=C(Cn1cnc2cccnc2c1=O)[C@@H]1NCC[C@H]1O. The third-order valence-corrected chi connectivity index (χ3v) is 3.45. The molecule has 0 unspecified atom stereocenters. The summed E-state index contributed by atoms with van der Waals surface area (Å²) in [6.07, 6.45) is 2.71. The summed E-state index contributed by atoms with van der Waals surface area (Å²) < 4.78 is 1.23. The van der Waals surface area contributed by atoms with Gasteiger partial charge in [-0.15, -0.1) is 0 Å². The summed E-state index contributed by atoms with van der Waals surface area (Å²) in [5, 5.41) is 12.6. The molecule has 0 spiro atoms. The van der Waals surface area contributed by atoms with E-state index in [1.165, 1.54) is 17.1 Å². The van der Waals surface area contributed by atoms with Crippen molar-refractivity contribution in [1.29, 1.82) is 0 Å². The van der Waals surface area contributed by atoms with Gasteiger partial charge in [-0.05, 0) is 25.1 Å². The van der Waals surface area contributed by atoms with Gasteiger partial charge in [-0.2, -0.15) is 0 Å². The van der Waals surface area contributed by atoms with Gasteiger partial charge in [0.2, 0.25) is 0 Å². The maximum atomic E-state index is 12.2. The number of aliphatic hydroxyl groups is 1. The van der Waals surface area contributed by atoms with E-state index < -0.39 is 12.1 Å². The lowest BCUT2D eigenvalue weighted by Crippen LogP contribution is -2.41. The highest BCUT2D eigenvalue weighted by Gasteiger charge is 2.31. The van der Waals surface area contributed by atoms with E-state index >= 15 is 0 Å². The Hall–Kier alpha value is -2.12. The van der Waals surface area contributed by atoms with Gasteiger partial charge in [0.25, 0.3) is 5.56 Å². The third-order valence-electron chi connectivity index (χ3n) is 3.45. The molecule has 2 N–H and O–H groups in total. The Morgan fingerprint density at radius 2 is 2.35 bits per heavy atom. The van der Waals surface area contributed by atoms with Crippen molar-refractivity contribution in [3.05, 3.63) is 35.0 Å². The quantitative estimate of drug-likeness (QED) is 0.751. The van der Waals surface area contributed by atoms with E-state index in [0.717, 1.165) is 0 Å². The van der Waals surface area contributed by atoms with Crippen molar-refractivity contribution in [3.63, 3.8) is 0 Å². The molecule has 3 heterocycles. The summed E-state index contributed by atoms with van der Waals surface area (Å²) >= 11 is 0. The molecule has 1 aliphatic rings. The van der Waals surface area contributed by atoms with Crippen LogP contribution in [-0.4, -0.2) is 44.1 Å². The third kappa shape index (κ3) is 2.21. The van der Waals surface area contributed by atoms with Gasteiger partial charge in [0.05, 0.1) is 30.5 Å². The Morgan fingerprint density at radius 1 is 1.50 bits per heavy atom. The van der Waals surface area contributed by atoms with Crippen LogP contribution >= 0.6 is 0 Å². The summed E-state index contributed by atoms with van der Waals surface area (Å²) in [7, 11) is 0. The van der Waals surface area contributed by atoms with Crippen molar-refractivity contribution in [1.82, 2.24) is 19.9 Å². The number of carbonyl (C=O) groups excluding carboxylic acids is 1. The standard InChI is InChI=1S/C13H14N4O3/c18-9-3-5-15-12(9)10(19)6-17-7-16-8-2-1-4-14-11(8)13(17)20/h1-2,4,7,9,12,15,18H,3,5-6H2/t9-,12-/m1/s1. The normalized spacial score (nSPS) is 22.2. The van der Waals surface area contributed by atoms with E-state index in [2.05, 4.69) is 15.3 Å². The first-order valence-electron chi connectivity index (χ1n) is 6.41. The van der Waals surface area contributed by atoms with Crippen LogP contribution in [0.5, 0.6) is 0 Å². The lowest BCUT2D eigenvalue weighted by Gasteiger charge is -2.14. The van der Waals surface area contributed by atoms with Gasteiger partial charge in [0.1, 0.15) is 0 Å². The van der Waals surface area contributed by atoms with E-state index in [9.17, 15) is 14.7 Å². The van der Waals surface area contributed by atoms with E-state index in [-0.39, 0.29) is 23.4 Å². The number of carbonyl (C=O) groups is 1. The fourth-order valence-electron chi connectivity index (χ4n) is 2.38. The number of hydrogen-bond donors (Lipinski definition) is 2. The largest absolute Gasteiger partial charge is 0.391 e. The number of fused-ring (bicyclic) bond motifs is 1.